The van der Waals surface area contributed by atoms with Crippen LogP contribution in [0.3, 0.4) is 0 Å². The molecule has 7 heteroatoms. The van der Waals surface area contributed by atoms with Crippen molar-refractivity contribution < 1.29 is 4.79 Å². The Morgan fingerprint density at radius 1 is 1.30 bits per heavy atom. The third kappa shape index (κ3) is 3.26. The molecular weight excluding hydrogens is 344 g/mol. The van der Waals surface area contributed by atoms with Crippen molar-refractivity contribution in [1.29, 1.82) is 0 Å². The lowest BCUT2D eigenvalue weighted by atomic mass is 10.2. The molecule has 2 rings (SSSR count). The molecule has 0 saturated carbocycles. The van der Waals surface area contributed by atoms with Crippen LogP contribution in [0.2, 0.25) is 5.02 Å². The number of hydrogen-bond acceptors (Lipinski definition) is 4. The molecule has 5 nitrogen and oxygen atoms in total. The summed E-state index contributed by atoms with van der Waals surface area (Å²) in [4.78, 5) is 12.1. The van der Waals surface area contributed by atoms with Gasteiger partial charge in [-0.25, -0.2) is 0 Å². The van der Waals surface area contributed by atoms with Gasteiger partial charge in [-0.05, 0) is 52.7 Å². The fraction of sp³-hybridized carbons (Fsp3) is 0.154. The minimum absolute atomic E-state index is 0.229. The van der Waals surface area contributed by atoms with Crippen LogP contribution >= 0.6 is 27.5 Å². The average Bonchev–Trinajstić information content (AvgIpc) is 2.44. The zero-order valence-electron chi connectivity index (χ0n) is 10.9. The lowest BCUT2D eigenvalue weighted by Crippen LogP contribution is -2.15. The normalized spacial score (nSPS) is 10.2. The molecule has 2 aromatic rings. The lowest BCUT2D eigenvalue weighted by molar-refractivity contribution is 0.102. The molecule has 1 amide bonds. The fourth-order valence-corrected chi connectivity index (χ4v) is 2.24. The number of anilines is 2. The van der Waals surface area contributed by atoms with E-state index in [1.54, 1.807) is 25.2 Å². The summed E-state index contributed by atoms with van der Waals surface area (Å²) in [7, 11) is 1.73. The van der Waals surface area contributed by atoms with Crippen molar-refractivity contribution in [2.24, 2.45) is 0 Å². The molecular formula is C13H12BrClN4O. The summed E-state index contributed by atoms with van der Waals surface area (Å²) in [5.74, 6) is 0.252. The molecule has 0 spiro atoms. The van der Waals surface area contributed by atoms with E-state index < -0.39 is 0 Å². The Bertz CT molecular complexity index is 646. The maximum atomic E-state index is 12.1. The number of aryl methyl sites for hydroxylation is 1. The summed E-state index contributed by atoms with van der Waals surface area (Å²) in [5, 5.41) is 13.9. The van der Waals surface area contributed by atoms with Crippen LogP contribution in [0.4, 0.5) is 11.5 Å². The second-order valence-electron chi connectivity index (χ2n) is 4.09. The highest BCUT2D eigenvalue weighted by Crippen LogP contribution is 2.29. The lowest BCUT2D eigenvalue weighted by Gasteiger charge is -2.09. The SMILES string of the molecule is CNc1ccc(C(=O)Nc2cc(Cl)c(C)cc2Br)nn1. The Labute approximate surface area is 129 Å². The molecule has 20 heavy (non-hydrogen) atoms. The van der Waals surface area contributed by atoms with E-state index in [9.17, 15) is 4.79 Å². The molecule has 0 bridgehead atoms. The number of carbonyl (C=O) groups excluding carboxylic acids is 1. The van der Waals surface area contributed by atoms with Crippen LogP contribution in [0.1, 0.15) is 16.1 Å². The smallest absolute Gasteiger partial charge is 0.276 e. The van der Waals surface area contributed by atoms with Gasteiger partial charge in [-0.3, -0.25) is 4.79 Å². The highest BCUT2D eigenvalue weighted by molar-refractivity contribution is 9.10. The molecule has 0 aliphatic carbocycles. The van der Waals surface area contributed by atoms with E-state index in [1.807, 2.05) is 13.0 Å². The number of aromatic nitrogens is 2. The predicted octanol–water partition coefficient (Wildman–Crippen LogP) is 3.49. The molecule has 1 heterocycles. The molecule has 0 aliphatic heterocycles. The molecule has 1 aromatic carbocycles. The van der Waals surface area contributed by atoms with Crippen molar-refractivity contribution in [3.63, 3.8) is 0 Å². The maximum Gasteiger partial charge on any atom is 0.276 e. The van der Waals surface area contributed by atoms with Crippen molar-refractivity contribution in [2.75, 3.05) is 17.7 Å². The number of rotatable bonds is 3. The minimum Gasteiger partial charge on any atom is -0.372 e. The Kier molecular flexibility index (Phi) is 4.57. The van der Waals surface area contributed by atoms with E-state index in [-0.39, 0.29) is 11.6 Å². The van der Waals surface area contributed by atoms with Gasteiger partial charge in [0.15, 0.2) is 5.69 Å². The molecule has 2 N–H and O–H groups in total. The highest BCUT2D eigenvalue weighted by atomic mass is 79.9. The Balaban J connectivity index is 2.20. The summed E-state index contributed by atoms with van der Waals surface area (Å²) in [5.41, 5.74) is 1.74. The van der Waals surface area contributed by atoms with E-state index >= 15 is 0 Å². The van der Waals surface area contributed by atoms with Crippen molar-refractivity contribution in [3.05, 3.63) is 45.0 Å². The Hall–Kier alpha value is -1.66. The van der Waals surface area contributed by atoms with Gasteiger partial charge in [0.1, 0.15) is 5.82 Å². The van der Waals surface area contributed by atoms with Crippen LogP contribution in [-0.2, 0) is 0 Å². The summed E-state index contributed by atoms with van der Waals surface area (Å²) in [6, 6.07) is 6.80. The third-order valence-corrected chi connectivity index (χ3v) is 3.71. The Morgan fingerprint density at radius 3 is 2.65 bits per heavy atom. The topological polar surface area (TPSA) is 66.9 Å². The second-order valence-corrected chi connectivity index (χ2v) is 5.35. The second kappa shape index (κ2) is 6.19. The molecule has 104 valence electrons. The van der Waals surface area contributed by atoms with E-state index in [1.165, 1.54) is 0 Å². The molecule has 0 atom stereocenters. The highest BCUT2D eigenvalue weighted by Gasteiger charge is 2.11. The van der Waals surface area contributed by atoms with Crippen LogP contribution in [0.5, 0.6) is 0 Å². The summed E-state index contributed by atoms with van der Waals surface area (Å²) in [6.07, 6.45) is 0. The quantitative estimate of drug-likeness (QED) is 0.884. The molecule has 0 unspecified atom stereocenters. The van der Waals surface area contributed by atoms with Gasteiger partial charge >= 0.3 is 0 Å². The van der Waals surface area contributed by atoms with Gasteiger partial charge < -0.3 is 10.6 Å². The van der Waals surface area contributed by atoms with Gasteiger partial charge in [0.25, 0.3) is 5.91 Å². The molecule has 1 aromatic heterocycles. The van der Waals surface area contributed by atoms with Gasteiger partial charge in [0, 0.05) is 16.5 Å². The van der Waals surface area contributed by atoms with Gasteiger partial charge in [0.05, 0.1) is 5.69 Å². The van der Waals surface area contributed by atoms with Crippen molar-refractivity contribution in [3.8, 4) is 0 Å². The van der Waals surface area contributed by atoms with Gasteiger partial charge in [-0.1, -0.05) is 11.6 Å². The third-order valence-electron chi connectivity index (χ3n) is 2.65. The number of benzene rings is 1. The summed E-state index contributed by atoms with van der Waals surface area (Å²) in [6.45, 7) is 1.89. The zero-order valence-corrected chi connectivity index (χ0v) is 13.2. The van der Waals surface area contributed by atoms with Crippen molar-refractivity contribution >= 4 is 44.9 Å². The maximum absolute atomic E-state index is 12.1. The first-order valence-corrected chi connectivity index (χ1v) is 6.97. The van der Waals surface area contributed by atoms with Crippen LogP contribution in [0.15, 0.2) is 28.7 Å². The largest absolute Gasteiger partial charge is 0.372 e. The van der Waals surface area contributed by atoms with Crippen molar-refractivity contribution in [1.82, 2.24) is 10.2 Å². The minimum atomic E-state index is -0.347. The number of carbonyl (C=O) groups is 1. The van der Waals surface area contributed by atoms with Gasteiger partial charge in [0.2, 0.25) is 0 Å². The van der Waals surface area contributed by atoms with Crippen molar-refractivity contribution in [2.45, 2.75) is 6.92 Å². The van der Waals surface area contributed by atoms with E-state index in [0.29, 0.717) is 16.5 Å². The number of hydrogen-bond donors (Lipinski definition) is 2. The number of nitrogens with one attached hydrogen (secondary N) is 2. The fourth-order valence-electron chi connectivity index (χ4n) is 1.52. The first kappa shape index (κ1) is 14.7. The van der Waals surface area contributed by atoms with Crippen LogP contribution in [0, 0.1) is 6.92 Å². The predicted molar refractivity (Wildman–Crippen MR) is 83.4 cm³/mol. The summed E-state index contributed by atoms with van der Waals surface area (Å²) >= 11 is 9.43. The number of halogens is 2. The van der Waals surface area contributed by atoms with E-state index in [0.717, 1.165) is 10.0 Å². The summed E-state index contributed by atoms with van der Waals surface area (Å²) < 4.78 is 0.757. The van der Waals surface area contributed by atoms with Crippen LogP contribution in [-0.4, -0.2) is 23.2 Å². The van der Waals surface area contributed by atoms with Gasteiger partial charge in [-0.2, -0.15) is 0 Å². The standard InChI is InChI=1S/C13H12BrClN4O/c1-7-5-8(14)11(6-9(7)15)17-13(20)10-3-4-12(16-2)19-18-10/h3-6H,1-2H3,(H,16,19)(H,17,20). The molecule has 0 aliphatic rings. The zero-order chi connectivity index (χ0) is 14.7. The number of amides is 1. The van der Waals surface area contributed by atoms with Crippen LogP contribution < -0.4 is 10.6 Å². The average molecular weight is 356 g/mol. The monoisotopic (exact) mass is 354 g/mol. The first-order valence-electron chi connectivity index (χ1n) is 5.79. The Morgan fingerprint density at radius 2 is 2.05 bits per heavy atom. The molecule has 0 saturated heterocycles. The molecule has 0 fully saturated rings. The van der Waals surface area contributed by atoms with E-state index in [4.69, 9.17) is 11.6 Å². The van der Waals surface area contributed by atoms with Gasteiger partial charge in [-0.15, -0.1) is 10.2 Å². The first-order chi connectivity index (χ1) is 9.51. The van der Waals surface area contributed by atoms with Crippen LogP contribution in [0.25, 0.3) is 0 Å². The number of nitrogens with zero attached hydrogens (tertiary/aromatic N) is 2. The molecule has 0 radical (unpaired) electrons. The van der Waals surface area contributed by atoms with E-state index in [2.05, 4.69) is 36.8 Å².